The Morgan fingerprint density at radius 2 is 2.60 bits per heavy atom. The highest BCUT2D eigenvalue weighted by Gasteiger charge is 2.30. The van der Waals surface area contributed by atoms with Crippen LogP contribution in [0.1, 0.15) is 6.92 Å². The number of nitrogens with one attached hydrogen (secondary N) is 1. The fraction of sp³-hybridized carbons (Fsp3) is 0.400. The molecule has 0 saturated carbocycles. The maximum absolute atomic E-state index is 10.2. The Morgan fingerprint density at radius 3 is 2.80 bits per heavy atom. The van der Waals surface area contributed by atoms with E-state index in [1.807, 2.05) is 0 Å². The molecule has 0 aliphatic carbocycles. The second-order valence-corrected chi connectivity index (χ2v) is 2.72. The summed E-state index contributed by atoms with van der Waals surface area (Å²) in [6, 6.07) is 0. The van der Waals surface area contributed by atoms with Gasteiger partial charge in [-0.2, -0.15) is 0 Å². The molecule has 1 unspecified atom stereocenters. The summed E-state index contributed by atoms with van der Waals surface area (Å²) in [6.45, 7) is 1.51. The van der Waals surface area contributed by atoms with E-state index >= 15 is 0 Å². The van der Waals surface area contributed by atoms with E-state index in [2.05, 4.69) is 5.32 Å². The second-order valence-electron chi connectivity index (χ2n) is 2.00. The lowest BCUT2D eigenvalue weighted by molar-refractivity contribution is -0.133. The highest BCUT2D eigenvalue weighted by molar-refractivity contribution is 6.23. The lowest BCUT2D eigenvalue weighted by atomic mass is 10.5. The predicted molar refractivity (Wildman–Crippen MR) is 34.2 cm³/mol. The molecule has 1 atom stereocenters. The minimum Gasteiger partial charge on any atom is -0.476 e. The molecule has 1 heterocycles. The van der Waals surface area contributed by atoms with Crippen molar-refractivity contribution in [3.63, 3.8) is 0 Å². The first-order valence-electron chi connectivity index (χ1n) is 2.60. The number of halogens is 1. The van der Waals surface area contributed by atoms with Gasteiger partial charge in [-0.3, -0.25) is 0 Å². The second kappa shape index (κ2) is 2.05. The van der Waals surface area contributed by atoms with Crippen molar-refractivity contribution in [2.75, 3.05) is 0 Å². The van der Waals surface area contributed by atoms with E-state index in [1.165, 1.54) is 6.92 Å². The average molecular weight is 164 g/mol. The molecule has 10 heavy (non-hydrogen) atoms. The molecule has 0 aromatic heterocycles. The van der Waals surface area contributed by atoms with Gasteiger partial charge in [-0.15, -0.1) is 0 Å². The van der Waals surface area contributed by atoms with Crippen molar-refractivity contribution in [2.24, 2.45) is 0 Å². The van der Waals surface area contributed by atoms with Gasteiger partial charge in [0.2, 0.25) is 0 Å². The van der Waals surface area contributed by atoms with Gasteiger partial charge in [0.15, 0.2) is 5.70 Å². The van der Waals surface area contributed by atoms with E-state index in [1.54, 1.807) is 0 Å². The standard InChI is InChI=1S/C5H6ClNO3/c1-5(6)7-3(2-10-5)4(8)9/h2,7H,1H3,(H,8,9). The number of carboxylic acid groups (broad SMARTS) is 1. The summed E-state index contributed by atoms with van der Waals surface area (Å²) < 4.78 is 4.73. The maximum Gasteiger partial charge on any atom is 0.355 e. The number of alkyl halides is 1. The number of hydrogen-bond acceptors (Lipinski definition) is 3. The van der Waals surface area contributed by atoms with Gasteiger partial charge in [0.05, 0.1) is 0 Å². The fourth-order valence-electron chi connectivity index (χ4n) is 0.573. The Bertz CT molecular complexity index is 199. The average Bonchev–Trinajstić information content (AvgIpc) is 2.10. The molecule has 0 aromatic rings. The van der Waals surface area contributed by atoms with Crippen molar-refractivity contribution in [1.29, 1.82) is 0 Å². The summed E-state index contributed by atoms with van der Waals surface area (Å²) in [5.74, 6) is -1.08. The van der Waals surface area contributed by atoms with Crippen LogP contribution >= 0.6 is 11.6 Å². The summed E-state index contributed by atoms with van der Waals surface area (Å²) in [6.07, 6.45) is 1.08. The summed E-state index contributed by atoms with van der Waals surface area (Å²) >= 11 is 5.56. The molecule has 0 amide bonds. The first-order valence-corrected chi connectivity index (χ1v) is 2.97. The van der Waals surface area contributed by atoms with Gasteiger partial charge in [-0.25, -0.2) is 4.79 Å². The van der Waals surface area contributed by atoms with Crippen LogP contribution < -0.4 is 5.32 Å². The Kier molecular flexibility index (Phi) is 1.48. The molecular formula is C5H6ClNO3. The molecule has 4 nitrogen and oxygen atoms in total. The van der Waals surface area contributed by atoms with Crippen molar-refractivity contribution >= 4 is 17.6 Å². The zero-order valence-corrected chi connectivity index (χ0v) is 5.97. The summed E-state index contributed by atoms with van der Waals surface area (Å²) in [4.78, 5) is 10.2. The quantitative estimate of drug-likeness (QED) is 0.435. The summed E-state index contributed by atoms with van der Waals surface area (Å²) in [7, 11) is 0. The van der Waals surface area contributed by atoms with Gasteiger partial charge in [0.25, 0.3) is 5.18 Å². The van der Waals surface area contributed by atoms with E-state index in [4.69, 9.17) is 21.4 Å². The van der Waals surface area contributed by atoms with Crippen LogP contribution in [0.2, 0.25) is 0 Å². The number of ether oxygens (including phenoxy) is 1. The number of aliphatic carboxylic acids is 1. The van der Waals surface area contributed by atoms with E-state index in [0.29, 0.717) is 0 Å². The van der Waals surface area contributed by atoms with Gasteiger partial charge in [0, 0.05) is 6.92 Å². The third-order valence-corrected chi connectivity index (χ3v) is 1.17. The van der Waals surface area contributed by atoms with Crippen LogP contribution in [0, 0.1) is 0 Å². The van der Waals surface area contributed by atoms with Crippen molar-refractivity contribution in [3.8, 4) is 0 Å². The van der Waals surface area contributed by atoms with Gasteiger partial charge in [0.1, 0.15) is 6.26 Å². The van der Waals surface area contributed by atoms with Crippen LogP contribution in [0.4, 0.5) is 0 Å². The minimum absolute atomic E-state index is 0.0301. The molecule has 0 bridgehead atoms. The van der Waals surface area contributed by atoms with Crippen molar-refractivity contribution < 1.29 is 14.6 Å². The Morgan fingerprint density at radius 1 is 2.00 bits per heavy atom. The largest absolute Gasteiger partial charge is 0.476 e. The third-order valence-electron chi connectivity index (χ3n) is 0.986. The lowest BCUT2D eigenvalue weighted by Gasteiger charge is -2.14. The number of carboxylic acids is 1. The van der Waals surface area contributed by atoms with Gasteiger partial charge < -0.3 is 15.2 Å². The van der Waals surface area contributed by atoms with Crippen LogP contribution in [0.5, 0.6) is 0 Å². The zero-order valence-electron chi connectivity index (χ0n) is 5.22. The van der Waals surface area contributed by atoms with E-state index in [-0.39, 0.29) is 5.70 Å². The molecule has 5 heteroatoms. The number of hydrogen-bond donors (Lipinski definition) is 2. The Balaban J connectivity index is 2.64. The molecule has 0 aromatic carbocycles. The van der Waals surface area contributed by atoms with Crippen LogP contribution in [-0.4, -0.2) is 16.3 Å². The topological polar surface area (TPSA) is 58.6 Å². The highest BCUT2D eigenvalue weighted by atomic mass is 35.5. The molecule has 1 aliphatic rings. The molecule has 0 saturated heterocycles. The summed E-state index contributed by atoms with van der Waals surface area (Å²) in [5.41, 5.74) is -0.0301. The van der Waals surface area contributed by atoms with E-state index < -0.39 is 11.2 Å². The molecule has 0 fully saturated rings. The first kappa shape index (κ1) is 7.21. The van der Waals surface area contributed by atoms with Gasteiger partial charge >= 0.3 is 5.97 Å². The Hall–Kier alpha value is -0.900. The van der Waals surface area contributed by atoms with Crippen LogP contribution in [0.15, 0.2) is 12.0 Å². The third kappa shape index (κ3) is 1.33. The smallest absolute Gasteiger partial charge is 0.355 e. The van der Waals surface area contributed by atoms with Gasteiger partial charge in [-0.05, 0) is 0 Å². The fourth-order valence-corrected chi connectivity index (χ4v) is 0.719. The maximum atomic E-state index is 10.2. The SMILES string of the molecule is CC1(Cl)NC(C(=O)O)=CO1. The summed E-state index contributed by atoms with van der Waals surface area (Å²) in [5, 5.41) is 9.71. The lowest BCUT2D eigenvalue weighted by Crippen LogP contribution is -2.33. The Labute approximate surface area is 62.4 Å². The van der Waals surface area contributed by atoms with Crippen molar-refractivity contribution in [3.05, 3.63) is 12.0 Å². The predicted octanol–water partition coefficient (Wildman–Crippen LogP) is 0.445. The molecule has 0 radical (unpaired) electrons. The minimum atomic E-state index is -1.10. The normalized spacial score (nSPS) is 30.4. The molecule has 1 aliphatic heterocycles. The molecule has 56 valence electrons. The van der Waals surface area contributed by atoms with Crippen LogP contribution in [0.3, 0.4) is 0 Å². The number of rotatable bonds is 1. The van der Waals surface area contributed by atoms with E-state index in [0.717, 1.165) is 6.26 Å². The van der Waals surface area contributed by atoms with Crippen LogP contribution in [0.25, 0.3) is 0 Å². The first-order chi connectivity index (χ1) is 4.51. The number of carbonyl (C=O) groups is 1. The van der Waals surface area contributed by atoms with Crippen LogP contribution in [-0.2, 0) is 9.53 Å². The molecule has 0 spiro atoms. The monoisotopic (exact) mass is 163 g/mol. The highest BCUT2D eigenvalue weighted by Crippen LogP contribution is 2.20. The molecular weight excluding hydrogens is 158 g/mol. The van der Waals surface area contributed by atoms with E-state index in [9.17, 15) is 4.79 Å². The molecule has 2 N–H and O–H groups in total. The van der Waals surface area contributed by atoms with Gasteiger partial charge in [-0.1, -0.05) is 11.6 Å². The van der Waals surface area contributed by atoms with Crippen molar-refractivity contribution in [1.82, 2.24) is 5.32 Å². The zero-order chi connectivity index (χ0) is 7.78. The van der Waals surface area contributed by atoms with Crippen molar-refractivity contribution in [2.45, 2.75) is 12.1 Å². The molecule has 1 rings (SSSR count).